The molecule has 0 bridgehead atoms. The second-order valence-corrected chi connectivity index (χ2v) is 6.16. The average molecular weight is 335 g/mol. The molecule has 7 heteroatoms. The van der Waals surface area contributed by atoms with Crippen LogP contribution in [0.2, 0.25) is 0 Å². The first-order valence-corrected chi connectivity index (χ1v) is 8.61. The normalized spacial score (nSPS) is 16.5. The van der Waals surface area contributed by atoms with Gasteiger partial charge in [-0.25, -0.2) is 4.99 Å². The molecule has 1 aromatic rings. The third kappa shape index (κ3) is 5.26. The third-order valence-corrected chi connectivity index (χ3v) is 4.13. The van der Waals surface area contributed by atoms with Gasteiger partial charge in [-0.15, -0.1) is 0 Å². The number of likely N-dealkylation sites (N-methyl/N-ethyl adjacent to an activating group) is 1. The number of hydrogen-bond acceptors (Lipinski definition) is 4. The number of furan rings is 1. The van der Waals surface area contributed by atoms with Gasteiger partial charge in [-0.3, -0.25) is 9.69 Å². The van der Waals surface area contributed by atoms with Gasteiger partial charge in [0.15, 0.2) is 5.96 Å². The maximum atomic E-state index is 12.1. The minimum absolute atomic E-state index is 0.0955. The van der Waals surface area contributed by atoms with E-state index in [1.807, 2.05) is 38.1 Å². The summed E-state index contributed by atoms with van der Waals surface area (Å²) in [5.41, 5.74) is 0. The summed E-state index contributed by atoms with van der Waals surface area (Å²) in [6.45, 7) is 5.30. The van der Waals surface area contributed by atoms with Crippen LogP contribution in [-0.2, 0) is 4.79 Å². The quantitative estimate of drug-likeness (QED) is 0.576. The van der Waals surface area contributed by atoms with Gasteiger partial charge < -0.3 is 20.0 Å². The summed E-state index contributed by atoms with van der Waals surface area (Å²) in [5, 5.41) is 6.49. The van der Waals surface area contributed by atoms with Crippen LogP contribution >= 0.6 is 0 Å². The molecule has 1 saturated heterocycles. The Morgan fingerprint density at radius 1 is 1.38 bits per heavy atom. The van der Waals surface area contributed by atoms with Gasteiger partial charge >= 0.3 is 0 Å². The topological polar surface area (TPSA) is 73.1 Å². The zero-order valence-electron chi connectivity index (χ0n) is 14.9. The van der Waals surface area contributed by atoms with E-state index in [4.69, 9.17) is 4.42 Å². The Labute approximate surface area is 144 Å². The molecule has 0 aliphatic carbocycles. The van der Waals surface area contributed by atoms with Gasteiger partial charge in [0.25, 0.3) is 0 Å². The van der Waals surface area contributed by atoms with Crippen molar-refractivity contribution in [2.45, 2.75) is 25.8 Å². The fourth-order valence-electron chi connectivity index (χ4n) is 2.77. The zero-order chi connectivity index (χ0) is 17.4. The van der Waals surface area contributed by atoms with E-state index in [2.05, 4.69) is 20.5 Å². The van der Waals surface area contributed by atoms with E-state index in [9.17, 15) is 4.79 Å². The first-order chi connectivity index (χ1) is 11.6. The summed E-state index contributed by atoms with van der Waals surface area (Å²) in [7, 11) is 4.02. The van der Waals surface area contributed by atoms with Crippen molar-refractivity contribution < 1.29 is 9.21 Å². The fourth-order valence-corrected chi connectivity index (χ4v) is 2.77. The van der Waals surface area contributed by atoms with Crippen molar-refractivity contribution in [3.8, 4) is 0 Å². The van der Waals surface area contributed by atoms with Crippen molar-refractivity contribution in [1.29, 1.82) is 0 Å². The molecule has 2 heterocycles. The number of guanidine groups is 1. The molecular formula is C17H29N5O2. The van der Waals surface area contributed by atoms with Crippen molar-refractivity contribution in [2.24, 2.45) is 4.99 Å². The Kier molecular flexibility index (Phi) is 7.11. The Bertz CT molecular complexity index is 521. The van der Waals surface area contributed by atoms with Gasteiger partial charge in [0.2, 0.25) is 5.91 Å². The molecule has 0 radical (unpaired) electrons. The maximum Gasteiger partial charge on any atom is 0.244 e. The Balaban J connectivity index is 1.91. The Hall–Kier alpha value is -2.02. The van der Waals surface area contributed by atoms with Gasteiger partial charge in [0.05, 0.1) is 12.3 Å². The van der Waals surface area contributed by atoms with Crippen molar-refractivity contribution >= 4 is 11.9 Å². The largest absolute Gasteiger partial charge is 0.468 e. The van der Waals surface area contributed by atoms with E-state index < -0.39 is 0 Å². The molecule has 0 saturated carbocycles. The smallest absolute Gasteiger partial charge is 0.244 e. The van der Waals surface area contributed by atoms with Gasteiger partial charge in [0.1, 0.15) is 12.3 Å². The van der Waals surface area contributed by atoms with E-state index in [-0.39, 0.29) is 18.5 Å². The highest BCUT2D eigenvalue weighted by molar-refractivity contribution is 5.85. The van der Waals surface area contributed by atoms with Crippen molar-refractivity contribution in [3.05, 3.63) is 24.2 Å². The van der Waals surface area contributed by atoms with Crippen LogP contribution in [-0.4, -0.2) is 68.5 Å². The number of amides is 1. The second kappa shape index (κ2) is 9.32. The monoisotopic (exact) mass is 335 g/mol. The molecule has 1 aliphatic heterocycles. The van der Waals surface area contributed by atoms with Crippen LogP contribution in [0.3, 0.4) is 0 Å². The van der Waals surface area contributed by atoms with E-state index in [0.29, 0.717) is 12.5 Å². The number of likely N-dealkylation sites (tertiary alicyclic amines) is 1. The lowest BCUT2D eigenvalue weighted by molar-refractivity contribution is -0.128. The van der Waals surface area contributed by atoms with Gasteiger partial charge in [-0.2, -0.15) is 0 Å². The lowest BCUT2D eigenvalue weighted by Crippen LogP contribution is -2.42. The highest BCUT2D eigenvalue weighted by Gasteiger charge is 2.19. The summed E-state index contributed by atoms with van der Waals surface area (Å²) >= 11 is 0. The number of carbonyl (C=O) groups excluding carboxylic acids is 1. The molecule has 0 spiro atoms. The molecule has 1 fully saturated rings. The number of aliphatic imine (C=N–C) groups is 1. The maximum absolute atomic E-state index is 12.1. The summed E-state index contributed by atoms with van der Waals surface area (Å²) in [4.78, 5) is 20.5. The van der Waals surface area contributed by atoms with Crippen LogP contribution in [0.5, 0.6) is 0 Å². The zero-order valence-corrected chi connectivity index (χ0v) is 14.9. The second-order valence-electron chi connectivity index (χ2n) is 6.16. The lowest BCUT2D eigenvalue weighted by Gasteiger charge is -2.23. The highest BCUT2D eigenvalue weighted by atomic mass is 16.3. The molecule has 0 aromatic carbocycles. The molecule has 134 valence electrons. The van der Waals surface area contributed by atoms with E-state index in [1.165, 1.54) is 0 Å². The third-order valence-electron chi connectivity index (χ3n) is 4.13. The van der Waals surface area contributed by atoms with Crippen LogP contribution in [0.1, 0.15) is 31.6 Å². The molecular weight excluding hydrogens is 306 g/mol. The molecule has 1 amide bonds. The summed E-state index contributed by atoms with van der Waals surface area (Å²) in [5.74, 6) is 1.65. The predicted octanol–water partition coefficient (Wildman–Crippen LogP) is 1.06. The van der Waals surface area contributed by atoms with E-state index in [1.54, 1.807) is 6.26 Å². The Morgan fingerprint density at radius 2 is 2.12 bits per heavy atom. The summed E-state index contributed by atoms with van der Waals surface area (Å²) < 4.78 is 5.51. The first-order valence-electron chi connectivity index (χ1n) is 8.61. The molecule has 1 unspecified atom stereocenters. The number of carbonyl (C=O) groups is 1. The van der Waals surface area contributed by atoms with Gasteiger partial charge in [0, 0.05) is 26.2 Å². The number of nitrogens with one attached hydrogen (secondary N) is 2. The van der Waals surface area contributed by atoms with Crippen LogP contribution < -0.4 is 10.6 Å². The van der Waals surface area contributed by atoms with Gasteiger partial charge in [-0.05, 0) is 46.0 Å². The van der Waals surface area contributed by atoms with Crippen LogP contribution in [0.4, 0.5) is 0 Å². The predicted molar refractivity (Wildman–Crippen MR) is 94.9 cm³/mol. The van der Waals surface area contributed by atoms with Crippen molar-refractivity contribution in [3.63, 3.8) is 0 Å². The van der Waals surface area contributed by atoms with Crippen LogP contribution in [0.25, 0.3) is 0 Å². The number of hydrogen-bond donors (Lipinski definition) is 2. The number of nitrogens with zero attached hydrogens (tertiary/aromatic N) is 3. The molecule has 2 rings (SSSR count). The molecule has 1 atom stereocenters. The van der Waals surface area contributed by atoms with Crippen molar-refractivity contribution in [2.75, 3.05) is 46.8 Å². The summed E-state index contributed by atoms with van der Waals surface area (Å²) in [6, 6.07) is 3.95. The molecule has 7 nitrogen and oxygen atoms in total. The fraction of sp³-hybridized carbons (Fsp3) is 0.647. The molecule has 1 aromatic heterocycles. The van der Waals surface area contributed by atoms with E-state index >= 15 is 0 Å². The average Bonchev–Trinajstić information content (AvgIpc) is 3.25. The molecule has 2 N–H and O–H groups in total. The van der Waals surface area contributed by atoms with E-state index in [0.717, 1.165) is 38.2 Å². The molecule has 24 heavy (non-hydrogen) atoms. The van der Waals surface area contributed by atoms with Crippen molar-refractivity contribution in [1.82, 2.24) is 20.4 Å². The standard InChI is InChI=1S/C17H29N5O2/c1-4-18-17(20-13-16(23)22-9-5-6-10-22)19-12-14(21(2)3)15-8-7-11-24-15/h7-8,11,14H,4-6,9-10,12-13H2,1-3H3,(H2,18,19,20). The van der Waals surface area contributed by atoms with Crippen LogP contribution in [0.15, 0.2) is 27.8 Å². The summed E-state index contributed by atoms with van der Waals surface area (Å²) in [6.07, 6.45) is 3.88. The van der Waals surface area contributed by atoms with Crippen LogP contribution in [0, 0.1) is 0 Å². The minimum atomic E-state index is 0.0955. The lowest BCUT2D eigenvalue weighted by atomic mass is 10.2. The first kappa shape index (κ1) is 18.3. The Morgan fingerprint density at radius 3 is 2.71 bits per heavy atom. The highest BCUT2D eigenvalue weighted by Crippen LogP contribution is 2.17. The molecule has 1 aliphatic rings. The van der Waals surface area contributed by atoms with Gasteiger partial charge in [-0.1, -0.05) is 0 Å². The minimum Gasteiger partial charge on any atom is -0.468 e. The number of rotatable bonds is 7. The SMILES string of the molecule is CCNC(=NCC(=O)N1CCCC1)NCC(c1ccco1)N(C)C.